The van der Waals surface area contributed by atoms with Gasteiger partial charge in [0.25, 0.3) is 0 Å². The van der Waals surface area contributed by atoms with E-state index in [0.717, 1.165) is 11.3 Å². The van der Waals surface area contributed by atoms with E-state index in [9.17, 15) is 4.79 Å². The molecule has 0 unspecified atom stereocenters. The maximum atomic E-state index is 12.2. The summed E-state index contributed by atoms with van der Waals surface area (Å²) in [7, 11) is 1.38. The molecule has 0 fully saturated rings. The molecule has 0 aliphatic carbocycles. The zero-order chi connectivity index (χ0) is 15.6. The molecule has 1 N–H and O–H groups in total. The first-order valence-corrected chi connectivity index (χ1v) is 7.40. The van der Waals surface area contributed by atoms with Gasteiger partial charge in [0, 0.05) is 17.3 Å². The highest BCUT2D eigenvalue weighted by atomic mass is 35.5. The fraction of sp³-hybridized carbons (Fsp3) is 0.333. The predicted molar refractivity (Wildman–Crippen MR) is 87.0 cm³/mol. The van der Waals surface area contributed by atoms with Gasteiger partial charge >= 0.3 is 5.97 Å². The summed E-state index contributed by atoms with van der Waals surface area (Å²) in [6, 6.07) is 7.00. The number of hydrogen-bond acceptors (Lipinski definition) is 3. The number of nitrogens with one attached hydrogen (secondary N) is 1. The van der Waals surface area contributed by atoms with Crippen LogP contribution in [-0.2, 0) is 9.53 Å². The molecule has 0 bridgehead atoms. The Kier molecular flexibility index (Phi) is 4.85. The molecule has 0 aromatic heterocycles. The van der Waals surface area contributed by atoms with Crippen LogP contribution < -0.4 is 5.32 Å². The standard InChI is InChI=1S/C15H17ClN2O2S/c1-4-18-9(2)12(14(19)20-3)13(17-15(18)21)10-5-7-11(16)8-6-10/h5-8,13H,4H2,1-3H3,(H,17,21)/t13-/m0/s1. The van der Waals surface area contributed by atoms with Gasteiger partial charge in [0.2, 0.25) is 0 Å². The number of rotatable bonds is 3. The van der Waals surface area contributed by atoms with Crippen LogP contribution in [0.5, 0.6) is 0 Å². The lowest BCUT2D eigenvalue weighted by atomic mass is 9.95. The second-order valence-corrected chi connectivity index (χ2v) is 5.49. The van der Waals surface area contributed by atoms with Gasteiger partial charge in [0.05, 0.1) is 18.7 Å². The number of carbonyl (C=O) groups excluding carboxylic acids is 1. The Bertz CT molecular complexity index is 598. The summed E-state index contributed by atoms with van der Waals surface area (Å²) in [5.74, 6) is -0.360. The van der Waals surface area contributed by atoms with Crippen molar-refractivity contribution in [2.24, 2.45) is 0 Å². The van der Waals surface area contributed by atoms with Crippen LogP contribution in [0.15, 0.2) is 35.5 Å². The Morgan fingerprint density at radius 2 is 2.05 bits per heavy atom. The van der Waals surface area contributed by atoms with Crippen molar-refractivity contribution in [1.29, 1.82) is 0 Å². The van der Waals surface area contributed by atoms with Gasteiger partial charge in [0.1, 0.15) is 0 Å². The minimum absolute atomic E-state index is 0.329. The van der Waals surface area contributed by atoms with E-state index in [1.54, 1.807) is 12.1 Å². The number of thiocarbonyl (C=S) groups is 1. The SMILES string of the molecule is CCN1C(=S)N[C@@H](c2ccc(Cl)cc2)C(C(=O)OC)=C1C. The van der Waals surface area contributed by atoms with Gasteiger partial charge < -0.3 is 15.0 Å². The highest BCUT2D eigenvalue weighted by Gasteiger charge is 2.33. The Morgan fingerprint density at radius 1 is 1.43 bits per heavy atom. The average molecular weight is 325 g/mol. The molecule has 1 heterocycles. The van der Waals surface area contributed by atoms with Crippen molar-refractivity contribution in [3.8, 4) is 0 Å². The van der Waals surface area contributed by atoms with Crippen LogP contribution in [0.3, 0.4) is 0 Å². The molecule has 21 heavy (non-hydrogen) atoms. The largest absolute Gasteiger partial charge is 0.466 e. The molecule has 1 aromatic rings. The zero-order valence-electron chi connectivity index (χ0n) is 12.1. The molecule has 0 saturated carbocycles. The summed E-state index contributed by atoms with van der Waals surface area (Å²) in [4.78, 5) is 14.1. The lowest BCUT2D eigenvalue weighted by Crippen LogP contribution is -2.47. The van der Waals surface area contributed by atoms with Crippen LogP contribution >= 0.6 is 23.8 Å². The van der Waals surface area contributed by atoms with Gasteiger partial charge in [-0.1, -0.05) is 23.7 Å². The van der Waals surface area contributed by atoms with Crippen molar-refractivity contribution in [3.05, 3.63) is 46.1 Å². The van der Waals surface area contributed by atoms with E-state index >= 15 is 0 Å². The fourth-order valence-electron chi connectivity index (χ4n) is 2.44. The first-order valence-electron chi connectivity index (χ1n) is 6.62. The van der Waals surface area contributed by atoms with Crippen LogP contribution in [-0.4, -0.2) is 29.6 Å². The quantitative estimate of drug-likeness (QED) is 0.683. The molecular weight excluding hydrogens is 308 g/mol. The third kappa shape index (κ3) is 3.04. The summed E-state index contributed by atoms with van der Waals surface area (Å²) < 4.78 is 4.93. The van der Waals surface area contributed by atoms with Crippen LogP contribution in [0, 0.1) is 0 Å². The van der Waals surface area contributed by atoms with Gasteiger partial charge in [-0.15, -0.1) is 0 Å². The molecule has 6 heteroatoms. The van der Waals surface area contributed by atoms with Crippen molar-refractivity contribution in [3.63, 3.8) is 0 Å². The van der Waals surface area contributed by atoms with E-state index in [1.165, 1.54) is 7.11 Å². The van der Waals surface area contributed by atoms with E-state index < -0.39 is 0 Å². The molecule has 0 spiro atoms. The molecule has 0 amide bonds. The van der Waals surface area contributed by atoms with Crippen molar-refractivity contribution in [2.45, 2.75) is 19.9 Å². The Balaban J connectivity index is 2.52. The number of carbonyl (C=O) groups is 1. The number of allylic oxidation sites excluding steroid dienone is 1. The van der Waals surface area contributed by atoms with Gasteiger partial charge in [-0.3, -0.25) is 0 Å². The van der Waals surface area contributed by atoms with E-state index in [1.807, 2.05) is 30.9 Å². The Labute approximate surface area is 134 Å². The molecule has 1 aliphatic heterocycles. The number of benzene rings is 1. The smallest absolute Gasteiger partial charge is 0.337 e. The first-order chi connectivity index (χ1) is 9.99. The number of halogens is 1. The lowest BCUT2D eigenvalue weighted by molar-refractivity contribution is -0.136. The van der Waals surface area contributed by atoms with E-state index in [-0.39, 0.29) is 12.0 Å². The highest BCUT2D eigenvalue weighted by molar-refractivity contribution is 7.80. The van der Waals surface area contributed by atoms with Crippen molar-refractivity contribution >= 4 is 34.9 Å². The van der Waals surface area contributed by atoms with Crippen LogP contribution in [0.25, 0.3) is 0 Å². The van der Waals surface area contributed by atoms with Crippen LogP contribution in [0.4, 0.5) is 0 Å². The van der Waals surface area contributed by atoms with Gasteiger partial charge in [-0.25, -0.2) is 4.79 Å². The summed E-state index contributed by atoms with van der Waals surface area (Å²) >= 11 is 11.3. The minimum atomic E-state index is -0.360. The number of esters is 1. The maximum absolute atomic E-state index is 12.2. The normalized spacial score (nSPS) is 18.6. The predicted octanol–water partition coefficient (Wildman–Crippen LogP) is 3.04. The van der Waals surface area contributed by atoms with E-state index in [0.29, 0.717) is 22.3 Å². The summed E-state index contributed by atoms with van der Waals surface area (Å²) in [6.07, 6.45) is 0. The molecule has 1 aromatic carbocycles. The Morgan fingerprint density at radius 3 is 2.57 bits per heavy atom. The van der Waals surface area contributed by atoms with Gasteiger partial charge in [0.15, 0.2) is 5.11 Å². The first kappa shape index (κ1) is 15.8. The van der Waals surface area contributed by atoms with E-state index in [4.69, 9.17) is 28.6 Å². The molecule has 0 radical (unpaired) electrons. The third-order valence-corrected chi connectivity index (χ3v) is 4.11. The molecule has 1 aliphatic rings. The number of hydrogen-bond donors (Lipinski definition) is 1. The topological polar surface area (TPSA) is 41.6 Å². The molecule has 1 atom stereocenters. The molecule has 4 nitrogen and oxygen atoms in total. The molecule has 2 rings (SSSR count). The Hall–Kier alpha value is -1.59. The molecular formula is C15H17ClN2O2S. The molecule has 112 valence electrons. The third-order valence-electron chi connectivity index (χ3n) is 3.52. The van der Waals surface area contributed by atoms with Gasteiger partial charge in [-0.2, -0.15) is 0 Å². The van der Waals surface area contributed by atoms with Gasteiger partial charge in [-0.05, 0) is 43.8 Å². The van der Waals surface area contributed by atoms with Crippen LogP contribution in [0.2, 0.25) is 5.02 Å². The van der Waals surface area contributed by atoms with Crippen molar-refractivity contribution in [2.75, 3.05) is 13.7 Å². The number of ether oxygens (including phenoxy) is 1. The zero-order valence-corrected chi connectivity index (χ0v) is 13.7. The average Bonchev–Trinajstić information content (AvgIpc) is 2.47. The summed E-state index contributed by atoms with van der Waals surface area (Å²) in [5, 5.41) is 4.45. The summed E-state index contributed by atoms with van der Waals surface area (Å²) in [5.41, 5.74) is 2.29. The second kappa shape index (κ2) is 6.45. The van der Waals surface area contributed by atoms with Crippen molar-refractivity contribution in [1.82, 2.24) is 10.2 Å². The maximum Gasteiger partial charge on any atom is 0.337 e. The molecule has 0 saturated heterocycles. The van der Waals surface area contributed by atoms with E-state index in [2.05, 4.69) is 5.32 Å². The monoisotopic (exact) mass is 324 g/mol. The fourth-order valence-corrected chi connectivity index (χ4v) is 2.95. The highest BCUT2D eigenvalue weighted by Crippen LogP contribution is 2.31. The number of methoxy groups -OCH3 is 1. The van der Waals surface area contributed by atoms with Crippen LogP contribution in [0.1, 0.15) is 25.5 Å². The number of nitrogens with zero attached hydrogens (tertiary/aromatic N) is 1. The minimum Gasteiger partial charge on any atom is -0.466 e. The van der Waals surface area contributed by atoms with Crippen molar-refractivity contribution < 1.29 is 9.53 Å². The lowest BCUT2D eigenvalue weighted by Gasteiger charge is -2.36. The summed E-state index contributed by atoms with van der Waals surface area (Å²) in [6.45, 7) is 4.55. The second-order valence-electron chi connectivity index (χ2n) is 4.67.